The maximum atomic E-state index is 11.5. The molecule has 0 saturated heterocycles. The molecule has 0 fully saturated rings. The third-order valence-corrected chi connectivity index (χ3v) is 2.17. The summed E-state index contributed by atoms with van der Waals surface area (Å²) in [6, 6.07) is 0. The summed E-state index contributed by atoms with van der Waals surface area (Å²) < 4.78 is 63.1. The van der Waals surface area contributed by atoms with Crippen molar-refractivity contribution in [2.75, 3.05) is 5.75 Å². The zero-order valence-corrected chi connectivity index (χ0v) is 8.36. The van der Waals surface area contributed by atoms with Crippen LogP contribution in [0.4, 0.5) is 13.2 Å². The van der Waals surface area contributed by atoms with Crippen LogP contribution in [0.3, 0.4) is 0 Å². The van der Waals surface area contributed by atoms with Crippen LogP contribution in [0, 0.1) is 0 Å². The van der Waals surface area contributed by atoms with E-state index in [2.05, 4.69) is 0 Å². The molecule has 4 nitrogen and oxygen atoms in total. The molecule has 0 aromatic rings. The Morgan fingerprint density at radius 3 is 1.93 bits per heavy atom. The van der Waals surface area contributed by atoms with Crippen LogP contribution in [0.2, 0.25) is 0 Å². The SMILES string of the molecule is N.O=S(=O)(O)CCCCCC(F)(F)F. The molecule has 0 bridgehead atoms. The first kappa shape index (κ1) is 16.1. The van der Waals surface area contributed by atoms with Crippen molar-refractivity contribution in [1.82, 2.24) is 6.15 Å². The van der Waals surface area contributed by atoms with Crippen LogP contribution < -0.4 is 6.15 Å². The van der Waals surface area contributed by atoms with E-state index in [9.17, 15) is 21.6 Å². The Morgan fingerprint density at radius 1 is 1.07 bits per heavy atom. The fourth-order valence-electron chi connectivity index (χ4n) is 0.787. The molecule has 0 atom stereocenters. The maximum absolute atomic E-state index is 11.5. The minimum Gasteiger partial charge on any atom is -0.344 e. The van der Waals surface area contributed by atoms with Gasteiger partial charge in [-0.1, -0.05) is 6.42 Å². The molecule has 0 rings (SSSR count). The Balaban J connectivity index is 0. The number of alkyl halides is 3. The normalized spacial score (nSPS) is 12.3. The quantitative estimate of drug-likeness (QED) is 0.566. The zero-order chi connectivity index (χ0) is 10.5. The van der Waals surface area contributed by atoms with E-state index in [1.54, 1.807) is 0 Å². The highest BCUT2D eigenvalue weighted by Crippen LogP contribution is 2.22. The first-order valence-corrected chi connectivity index (χ1v) is 5.33. The van der Waals surface area contributed by atoms with Crippen molar-refractivity contribution in [2.45, 2.75) is 31.9 Å². The van der Waals surface area contributed by atoms with E-state index < -0.39 is 28.5 Å². The summed E-state index contributed by atoms with van der Waals surface area (Å²) in [6.45, 7) is 0. The second-order valence-electron chi connectivity index (χ2n) is 2.71. The molecule has 0 unspecified atom stereocenters. The molecule has 0 aliphatic rings. The third-order valence-electron chi connectivity index (χ3n) is 1.36. The van der Waals surface area contributed by atoms with Gasteiger partial charge in [-0.15, -0.1) is 0 Å². The van der Waals surface area contributed by atoms with Crippen LogP contribution in [0.5, 0.6) is 0 Å². The summed E-state index contributed by atoms with van der Waals surface area (Å²) >= 11 is 0. The van der Waals surface area contributed by atoms with Gasteiger partial charge in [0, 0.05) is 6.42 Å². The minimum atomic E-state index is -4.18. The van der Waals surface area contributed by atoms with E-state index in [1.165, 1.54) is 0 Å². The number of halogens is 3. The van der Waals surface area contributed by atoms with E-state index in [0.717, 1.165) is 0 Å². The van der Waals surface area contributed by atoms with Gasteiger partial charge in [0.1, 0.15) is 0 Å². The summed E-state index contributed by atoms with van der Waals surface area (Å²) in [6.07, 6.45) is -4.97. The van der Waals surface area contributed by atoms with E-state index in [4.69, 9.17) is 4.55 Å². The highest BCUT2D eigenvalue weighted by Gasteiger charge is 2.25. The smallest absolute Gasteiger partial charge is 0.344 e. The Morgan fingerprint density at radius 2 is 1.57 bits per heavy atom. The molecule has 0 heterocycles. The molecule has 0 amide bonds. The summed E-state index contributed by atoms with van der Waals surface area (Å²) in [5.74, 6) is -0.467. The fourth-order valence-corrected chi connectivity index (χ4v) is 1.36. The van der Waals surface area contributed by atoms with E-state index >= 15 is 0 Å². The average molecular weight is 237 g/mol. The van der Waals surface area contributed by atoms with Crippen molar-refractivity contribution < 1.29 is 26.1 Å². The van der Waals surface area contributed by atoms with Crippen molar-refractivity contribution in [2.24, 2.45) is 0 Å². The van der Waals surface area contributed by atoms with Gasteiger partial charge in [-0.25, -0.2) is 0 Å². The van der Waals surface area contributed by atoms with Crippen molar-refractivity contribution in [3.05, 3.63) is 0 Å². The standard InChI is InChI=1S/C6H11F3O3S.H3N/c7-6(8,9)4-2-1-3-5-13(10,11)12;/h1-5H2,(H,10,11,12);1H3. The lowest BCUT2D eigenvalue weighted by molar-refractivity contribution is -0.135. The third kappa shape index (κ3) is 14.2. The van der Waals surface area contributed by atoms with E-state index in [-0.39, 0.29) is 25.4 Å². The molecule has 14 heavy (non-hydrogen) atoms. The van der Waals surface area contributed by atoms with Crippen LogP contribution in [0.1, 0.15) is 25.7 Å². The molecule has 8 heteroatoms. The molecular formula is C6H14F3NO3S. The van der Waals surface area contributed by atoms with Gasteiger partial charge in [0.25, 0.3) is 10.1 Å². The second-order valence-corrected chi connectivity index (χ2v) is 4.28. The molecule has 0 spiro atoms. The highest BCUT2D eigenvalue weighted by atomic mass is 32.2. The van der Waals surface area contributed by atoms with Gasteiger partial charge in [0.05, 0.1) is 5.75 Å². The number of hydrogen-bond acceptors (Lipinski definition) is 3. The molecule has 88 valence electrons. The Kier molecular flexibility index (Phi) is 7.13. The molecule has 0 aromatic heterocycles. The lowest BCUT2D eigenvalue weighted by Gasteiger charge is -2.04. The van der Waals surface area contributed by atoms with Gasteiger partial charge in [0.2, 0.25) is 0 Å². The Hall–Kier alpha value is -0.340. The van der Waals surface area contributed by atoms with Crippen molar-refractivity contribution in [3.63, 3.8) is 0 Å². The zero-order valence-electron chi connectivity index (χ0n) is 7.55. The maximum Gasteiger partial charge on any atom is 0.389 e. The van der Waals surface area contributed by atoms with Gasteiger partial charge >= 0.3 is 6.18 Å². The number of unbranched alkanes of at least 4 members (excludes halogenated alkanes) is 2. The summed E-state index contributed by atoms with van der Waals surface area (Å²) in [5, 5.41) is 0. The second kappa shape index (κ2) is 6.20. The summed E-state index contributed by atoms with van der Waals surface area (Å²) in [5.41, 5.74) is 0. The summed E-state index contributed by atoms with van der Waals surface area (Å²) in [4.78, 5) is 0. The van der Waals surface area contributed by atoms with Crippen LogP contribution in [-0.4, -0.2) is 24.9 Å². The molecule has 0 aliphatic carbocycles. The summed E-state index contributed by atoms with van der Waals surface area (Å²) in [7, 11) is -4.02. The predicted molar refractivity (Wildman–Crippen MR) is 46.0 cm³/mol. The average Bonchev–Trinajstić information content (AvgIpc) is 1.81. The van der Waals surface area contributed by atoms with E-state index in [0.29, 0.717) is 0 Å². The van der Waals surface area contributed by atoms with Gasteiger partial charge < -0.3 is 6.15 Å². The van der Waals surface area contributed by atoms with Crippen LogP contribution in [-0.2, 0) is 10.1 Å². The Bertz CT molecular complexity index is 237. The van der Waals surface area contributed by atoms with Gasteiger partial charge in [0.15, 0.2) is 0 Å². The monoisotopic (exact) mass is 237 g/mol. The first-order valence-electron chi connectivity index (χ1n) is 3.73. The van der Waals surface area contributed by atoms with Crippen LogP contribution in [0.15, 0.2) is 0 Å². The predicted octanol–water partition coefficient (Wildman–Crippen LogP) is 2.16. The topological polar surface area (TPSA) is 89.4 Å². The van der Waals surface area contributed by atoms with Gasteiger partial charge in [-0.2, -0.15) is 21.6 Å². The fraction of sp³-hybridized carbons (Fsp3) is 1.00. The molecule has 0 saturated carbocycles. The van der Waals surface area contributed by atoms with Gasteiger partial charge in [-0.3, -0.25) is 4.55 Å². The minimum absolute atomic E-state index is 0. The van der Waals surface area contributed by atoms with E-state index in [1.807, 2.05) is 0 Å². The largest absolute Gasteiger partial charge is 0.389 e. The molecule has 0 aliphatic heterocycles. The number of rotatable bonds is 5. The van der Waals surface area contributed by atoms with Gasteiger partial charge in [-0.05, 0) is 12.8 Å². The highest BCUT2D eigenvalue weighted by molar-refractivity contribution is 7.85. The number of hydrogen-bond donors (Lipinski definition) is 2. The van der Waals surface area contributed by atoms with Crippen molar-refractivity contribution in [3.8, 4) is 0 Å². The lowest BCUT2D eigenvalue weighted by atomic mass is 10.2. The molecule has 4 N–H and O–H groups in total. The molecular weight excluding hydrogens is 223 g/mol. The Labute approximate surface area is 80.8 Å². The van der Waals surface area contributed by atoms with Crippen LogP contribution in [0.25, 0.3) is 0 Å². The molecule has 0 aromatic carbocycles. The van der Waals surface area contributed by atoms with Crippen molar-refractivity contribution in [1.29, 1.82) is 0 Å². The van der Waals surface area contributed by atoms with Crippen molar-refractivity contribution >= 4 is 10.1 Å². The first-order chi connectivity index (χ1) is 5.71. The molecule has 0 radical (unpaired) electrons. The lowest BCUT2D eigenvalue weighted by Crippen LogP contribution is -2.07. The van der Waals surface area contributed by atoms with Crippen LogP contribution >= 0.6 is 0 Å².